The highest BCUT2D eigenvalue weighted by molar-refractivity contribution is 5.62. The molecule has 0 saturated heterocycles. The monoisotopic (exact) mass is 382 g/mol. The molecule has 4 heterocycles. The normalized spacial score (nSPS) is 13.8. The summed E-state index contributed by atoms with van der Waals surface area (Å²) in [5, 5.41) is 3.28. The minimum atomic E-state index is -0.580. The molecule has 8 nitrogen and oxygen atoms in total. The van der Waals surface area contributed by atoms with Gasteiger partial charge in [-0.3, -0.25) is 0 Å². The van der Waals surface area contributed by atoms with Gasteiger partial charge in [-0.2, -0.15) is 0 Å². The lowest BCUT2D eigenvalue weighted by atomic mass is 10.0. The number of rotatable bonds is 5. The first-order chi connectivity index (χ1) is 13.6. The molecule has 0 aromatic carbocycles. The van der Waals surface area contributed by atoms with Crippen LogP contribution in [0.1, 0.15) is 18.4 Å². The molecule has 3 N–H and O–H groups in total. The molecule has 0 radical (unpaired) electrons. The number of nitrogens with one attached hydrogen (secondary N) is 1. The van der Waals surface area contributed by atoms with Crippen LogP contribution in [0.15, 0.2) is 36.9 Å². The van der Waals surface area contributed by atoms with Crippen LogP contribution in [0.3, 0.4) is 0 Å². The molecule has 1 aliphatic rings. The van der Waals surface area contributed by atoms with Gasteiger partial charge in [0.1, 0.15) is 25.4 Å². The summed E-state index contributed by atoms with van der Waals surface area (Å²) < 4.78 is 24.9. The third-order valence-electron chi connectivity index (χ3n) is 4.42. The number of nitrogen functional groups attached to an aromatic ring is 1. The number of fused-ring (bicyclic) bond motifs is 1. The molecule has 1 aliphatic heterocycles. The molecular weight excluding hydrogens is 363 g/mol. The highest BCUT2D eigenvalue weighted by Crippen LogP contribution is 2.35. The third-order valence-corrected chi connectivity index (χ3v) is 4.42. The summed E-state index contributed by atoms with van der Waals surface area (Å²) in [6, 6.07) is 4.97. The van der Waals surface area contributed by atoms with Crippen LogP contribution in [-0.2, 0) is 0 Å². The van der Waals surface area contributed by atoms with Gasteiger partial charge in [-0.25, -0.2) is 24.3 Å². The Bertz CT molecular complexity index is 1000. The highest BCUT2D eigenvalue weighted by atomic mass is 19.1. The molecule has 4 rings (SSSR count). The first kappa shape index (κ1) is 17.9. The van der Waals surface area contributed by atoms with Crippen LogP contribution in [0.4, 0.5) is 16.0 Å². The molecule has 9 heteroatoms. The van der Waals surface area contributed by atoms with Crippen LogP contribution in [0.2, 0.25) is 0 Å². The van der Waals surface area contributed by atoms with E-state index in [0.717, 1.165) is 5.56 Å². The predicted octanol–water partition coefficient (Wildman–Crippen LogP) is 2.64. The van der Waals surface area contributed by atoms with Crippen LogP contribution < -0.4 is 20.5 Å². The number of halogens is 1. The molecule has 0 spiro atoms. The number of anilines is 2. The van der Waals surface area contributed by atoms with Crippen molar-refractivity contribution in [3.05, 3.63) is 48.3 Å². The molecule has 0 fully saturated rings. The molecule has 28 heavy (non-hydrogen) atoms. The molecule has 0 unspecified atom stereocenters. The maximum Gasteiger partial charge on any atom is 0.257 e. The Morgan fingerprint density at radius 2 is 2.04 bits per heavy atom. The zero-order chi connectivity index (χ0) is 19.5. The number of ether oxygens (including phenoxy) is 2. The van der Waals surface area contributed by atoms with Crippen LogP contribution >= 0.6 is 0 Å². The van der Waals surface area contributed by atoms with E-state index < -0.39 is 5.82 Å². The summed E-state index contributed by atoms with van der Waals surface area (Å²) >= 11 is 0. The van der Waals surface area contributed by atoms with Crippen LogP contribution in [0.5, 0.6) is 11.6 Å². The van der Waals surface area contributed by atoms with Crippen molar-refractivity contribution in [2.24, 2.45) is 0 Å². The quantitative estimate of drug-likeness (QED) is 0.693. The van der Waals surface area contributed by atoms with Crippen molar-refractivity contribution >= 4 is 11.6 Å². The third kappa shape index (κ3) is 3.64. The zero-order valence-electron chi connectivity index (χ0n) is 15.2. The average Bonchev–Trinajstić information content (AvgIpc) is 2.74. The second-order valence-electron chi connectivity index (χ2n) is 6.39. The topological polar surface area (TPSA) is 108 Å². The largest absolute Gasteiger partial charge is 0.484 e. The standard InChI is InChI=1S/C19H19FN6O2/c1-11(13-2-3-22-19-17(13)27-4-5-28-19)8-23-16-7-15(25-10-26-16)12-6-14(20)18(21)24-9-12/h2-3,6-7,9-11H,4-5,8H2,1H3,(H2,21,24)(H,23,25,26)/t11-/m1/s1. The fourth-order valence-corrected chi connectivity index (χ4v) is 2.93. The van der Waals surface area contributed by atoms with E-state index in [-0.39, 0.29) is 11.7 Å². The highest BCUT2D eigenvalue weighted by Gasteiger charge is 2.20. The predicted molar refractivity (Wildman–Crippen MR) is 102 cm³/mol. The molecular formula is C19H19FN6O2. The Morgan fingerprint density at radius 1 is 1.18 bits per heavy atom. The lowest BCUT2D eigenvalue weighted by molar-refractivity contribution is 0.162. The van der Waals surface area contributed by atoms with Crippen molar-refractivity contribution in [3.8, 4) is 22.9 Å². The lowest BCUT2D eigenvalue weighted by Crippen LogP contribution is -2.19. The van der Waals surface area contributed by atoms with Crippen LogP contribution in [0.25, 0.3) is 11.3 Å². The summed E-state index contributed by atoms with van der Waals surface area (Å²) in [5.74, 6) is 1.23. The van der Waals surface area contributed by atoms with Gasteiger partial charge in [-0.1, -0.05) is 6.92 Å². The summed E-state index contributed by atoms with van der Waals surface area (Å²) in [6.45, 7) is 3.68. The van der Waals surface area contributed by atoms with Crippen LogP contribution in [0, 0.1) is 5.82 Å². The second kappa shape index (κ2) is 7.63. The van der Waals surface area contributed by atoms with Gasteiger partial charge in [-0.05, 0) is 12.1 Å². The molecule has 1 atom stereocenters. The maximum absolute atomic E-state index is 13.7. The van der Waals surface area contributed by atoms with Crippen molar-refractivity contribution in [3.63, 3.8) is 0 Å². The number of hydrogen-bond donors (Lipinski definition) is 2. The van der Waals surface area contributed by atoms with Gasteiger partial charge in [0.25, 0.3) is 5.88 Å². The smallest absolute Gasteiger partial charge is 0.257 e. The molecule has 0 aliphatic carbocycles. The van der Waals surface area contributed by atoms with E-state index in [2.05, 4.69) is 32.2 Å². The summed E-state index contributed by atoms with van der Waals surface area (Å²) in [6.07, 6.45) is 4.61. The lowest BCUT2D eigenvalue weighted by Gasteiger charge is -2.22. The van der Waals surface area contributed by atoms with Gasteiger partial charge < -0.3 is 20.5 Å². The van der Waals surface area contributed by atoms with Crippen molar-refractivity contribution in [2.45, 2.75) is 12.8 Å². The van der Waals surface area contributed by atoms with E-state index in [1.807, 2.05) is 6.07 Å². The van der Waals surface area contributed by atoms with E-state index in [9.17, 15) is 4.39 Å². The summed E-state index contributed by atoms with van der Waals surface area (Å²) in [5.41, 5.74) is 7.51. The second-order valence-corrected chi connectivity index (χ2v) is 6.39. The molecule has 3 aromatic rings. The number of aromatic nitrogens is 4. The van der Waals surface area contributed by atoms with Crippen LogP contribution in [-0.4, -0.2) is 39.7 Å². The van der Waals surface area contributed by atoms with Gasteiger partial charge >= 0.3 is 0 Å². The fourth-order valence-electron chi connectivity index (χ4n) is 2.93. The van der Waals surface area contributed by atoms with Gasteiger partial charge in [0.05, 0.1) is 5.69 Å². The number of pyridine rings is 2. The Hall–Kier alpha value is -3.49. The van der Waals surface area contributed by atoms with E-state index in [4.69, 9.17) is 15.2 Å². The van der Waals surface area contributed by atoms with Gasteiger partial charge in [0.2, 0.25) is 0 Å². The Balaban J connectivity index is 1.49. The Labute approximate surface area is 161 Å². The first-order valence-electron chi connectivity index (χ1n) is 8.83. The van der Waals surface area contributed by atoms with Crippen molar-refractivity contribution in [1.29, 1.82) is 0 Å². The summed E-state index contributed by atoms with van der Waals surface area (Å²) in [4.78, 5) is 16.4. The molecule has 0 saturated carbocycles. The number of nitrogens with zero attached hydrogens (tertiary/aromatic N) is 4. The first-order valence-corrected chi connectivity index (χ1v) is 8.83. The molecule has 144 valence electrons. The molecule has 3 aromatic heterocycles. The SMILES string of the molecule is C[C@H](CNc1cc(-c2cnc(N)c(F)c2)ncn1)c1ccnc2c1OCCO2. The Morgan fingerprint density at radius 3 is 2.89 bits per heavy atom. The van der Waals surface area contributed by atoms with Crippen molar-refractivity contribution in [1.82, 2.24) is 19.9 Å². The van der Waals surface area contributed by atoms with Gasteiger partial charge in [0.15, 0.2) is 17.4 Å². The molecule has 0 bridgehead atoms. The number of nitrogens with two attached hydrogens (primary N) is 1. The van der Waals surface area contributed by atoms with E-state index in [1.54, 1.807) is 12.3 Å². The summed E-state index contributed by atoms with van der Waals surface area (Å²) in [7, 11) is 0. The van der Waals surface area contributed by atoms with Crippen molar-refractivity contribution in [2.75, 3.05) is 30.8 Å². The minimum absolute atomic E-state index is 0.118. The maximum atomic E-state index is 13.7. The average molecular weight is 382 g/mol. The fraction of sp³-hybridized carbons (Fsp3) is 0.263. The number of hydrogen-bond acceptors (Lipinski definition) is 8. The minimum Gasteiger partial charge on any atom is -0.484 e. The van der Waals surface area contributed by atoms with E-state index >= 15 is 0 Å². The molecule has 0 amide bonds. The van der Waals surface area contributed by atoms with Gasteiger partial charge in [0, 0.05) is 42.0 Å². The zero-order valence-corrected chi connectivity index (χ0v) is 15.2. The van der Waals surface area contributed by atoms with Crippen molar-refractivity contribution < 1.29 is 13.9 Å². The van der Waals surface area contributed by atoms with E-state index in [0.29, 0.717) is 48.5 Å². The van der Waals surface area contributed by atoms with Gasteiger partial charge in [-0.15, -0.1) is 0 Å². The Kier molecular flexibility index (Phi) is 4.88. The van der Waals surface area contributed by atoms with E-state index in [1.165, 1.54) is 18.6 Å².